The smallest absolute Gasteiger partial charge is 0.275 e. The van der Waals surface area contributed by atoms with Crippen molar-refractivity contribution in [2.45, 2.75) is 44.8 Å². The summed E-state index contributed by atoms with van der Waals surface area (Å²) in [5.41, 5.74) is 2.28. The van der Waals surface area contributed by atoms with Crippen molar-refractivity contribution >= 4 is 22.9 Å². The van der Waals surface area contributed by atoms with Gasteiger partial charge in [0, 0.05) is 42.3 Å². The lowest BCUT2D eigenvalue weighted by Gasteiger charge is -2.28. The van der Waals surface area contributed by atoms with Gasteiger partial charge in [-0.2, -0.15) is 10.2 Å². The van der Waals surface area contributed by atoms with Crippen LogP contribution in [0.5, 0.6) is 0 Å². The van der Waals surface area contributed by atoms with Crippen LogP contribution >= 0.6 is 11.3 Å². The van der Waals surface area contributed by atoms with E-state index < -0.39 is 0 Å². The Labute approximate surface area is 194 Å². The van der Waals surface area contributed by atoms with Crippen molar-refractivity contribution in [3.05, 3.63) is 48.1 Å². The topological polar surface area (TPSA) is 124 Å². The second-order valence-corrected chi connectivity index (χ2v) is 8.67. The van der Waals surface area contributed by atoms with E-state index in [1.165, 1.54) is 11.3 Å². The molecule has 11 heteroatoms. The van der Waals surface area contributed by atoms with Crippen LogP contribution in [0, 0.1) is 0 Å². The Balaban J connectivity index is 1.38. The number of ether oxygens (including phenoxy) is 1. The number of hydrogen-bond acceptors (Lipinski definition) is 8. The average molecular weight is 465 g/mol. The molecule has 0 aromatic carbocycles. The third-order valence-corrected chi connectivity index (χ3v) is 6.55. The highest BCUT2D eigenvalue weighted by molar-refractivity contribution is 7.13. The Hall–Kier alpha value is -3.44. The van der Waals surface area contributed by atoms with E-state index in [0.29, 0.717) is 29.0 Å². The first kappa shape index (κ1) is 21.4. The summed E-state index contributed by atoms with van der Waals surface area (Å²) >= 11 is 1.39. The zero-order valence-corrected chi connectivity index (χ0v) is 19.0. The van der Waals surface area contributed by atoms with Crippen LogP contribution in [0.25, 0.3) is 22.1 Å². The minimum absolute atomic E-state index is 0.238. The maximum atomic E-state index is 13.0. The number of carbonyl (C=O) groups is 1. The molecule has 2 N–H and O–H groups in total. The van der Waals surface area contributed by atoms with Gasteiger partial charge in [0.1, 0.15) is 10.7 Å². The van der Waals surface area contributed by atoms with Gasteiger partial charge >= 0.3 is 0 Å². The first-order valence-electron chi connectivity index (χ1n) is 11.0. The highest BCUT2D eigenvalue weighted by Gasteiger charge is 2.26. The predicted octanol–water partition coefficient (Wildman–Crippen LogP) is 3.96. The van der Waals surface area contributed by atoms with E-state index in [4.69, 9.17) is 9.84 Å². The summed E-state index contributed by atoms with van der Waals surface area (Å²) in [5.74, 6) is 0.157. The number of aromatic amines is 1. The lowest BCUT2D eigenvalue weighted by molar-refractivity contribution is 0.0260. The highest BCUT2D eigenvalue weighted by atomic mass is 32.1. The molecule has 1 saturated carbocycles. The molecule has 33 heavy (non-hydrogen) atoms. The Morgan fingerprint density at radius 1 is 1.27 bits per heavy atom. The quantitative estimate of drug-likeness (QED) is 0.424. The summed E-state index contributed by atoms with van der Waals surface area (Å²) in [6.07, 6.45) is 12.9. The van der Waals surface area contributed by atoms with Gasteiger partial charge in [0.2, 0.25) is 0 Å². The average Bonchev–Trinajstić information content (AvgIpc) is 3.61. The van der Waals surface area contributed by atoms with E-state index in [0.717, 1.165) is 42.9 Å². The maximum absolute atomic E-state index is 13.0. The molecule has 10 nitrogen and oxygen atoms in total. The number of nitrogens with zero attached hydrogens (tertiary/aromatic N) is 6. The van der Waals surface area contributed by atoms with Gasteiger partial charge in [0.05, 0.1) is 24.0 Å². The summed E-state index contributed by atoms with van der Waals surface area (Å²) in [6, 6.07) is 1.99. The fourth-order valence-electron chi connectivity index (χ4n) is 4.03. The van der Waals surface area contributed by atoms with Gasteiger partial charge in [-0.1, -0.05) is 0 Å². The van der Waals surface area contributed by atoms with Gasteiger partial charge in [0.15, 0.2) is 11.5 Å². The summed E-state index contributed by atoms with van der Waals surface area (Å²) < 4.78 is 7.71. The first-order valence-corrected chi connectivity index (χ1v) is 11.8. The van der Waals surface area contributed by atoms with E-state index in [-0.39, 0.29) is 11.9 Å². The van der Waals surface area contributed by atoms with Crippen molar-refractivity contribution in [2.24, 2.45) is 0 Å². The van der Waals surface area contributed by atoms with Crippen molar-refractivity contribution in [3.63, 3.8) is 0 Å². The van der Waals surface area contributed by atoms with Crippen LogP contribution in [0.3, 0.4) is 0 Å². The highest BCUT2D eigenvalue weighted by Crippen LogP contribution is 2.33. The van der Waals surface area contributed by atoms with Crippen molar-refractivity contribution < 1.29 is 9.53 Å². The molecule has 4 aromatic rings. The predicted molar refractivity (Wildman–Crippen MR) is 124 cm³/mol. The molecule has 1 fully saturated rings. The van der Waals surface area contributed by atoms with Gasteiger partial charge in [0.25, 0.3) is 5.91 Å². The zero-order chi connectivity index (χ0) is 22.6. The van der Waals surface area contributed by atoms with E-state index in [1.807, 2.05) is 17.8 Å². The lowest BCUT2D eigenvalue weighted by atomic mass is 9.93. The summed E-state index contributed by atoms with van der Waals surface area (Å²) in [5, 5.41) is 16.9. The number of thiazole rings is 1. The SMILES string of the molecule is CCO[C@H]1CC[C@H](n2cc(NC(=O)c3csc(-c4cn[nH]c4)n3)c(-c3ncccn3)n2)CC1. The maximum Gasteiger partial charge on any atom is 0.275 e. The molecule has 0 atom stereocenters. The normalized spacial score (nSPS) is 18.3. The van der Waals surface area contributed by atoms with E-state index >= 15 is 0 Å². The molecule has 0 saturated heterocycles. The van der Waals surface area contributed by atoms with Crippen molar-refractivity contribution in [3.8, 4) is 22.1 Å². The first-order chi connectivity index (χ1) is 16.2. The largest absolute Gasteiger partial charge is 0.379 e. The fraction of sp³-hybridized carbons (Fsp3) is 0.364. The number of nitrogens with one attached hydrogen (secondary N) is 2. The monoisotopic (exact) mass is 464 g/mol. The molecule has 0 radical (unpaired) electrons. The van der Waals surface area contributed by atoms with E-state index in [1.54, 1.807) is 36.2 Å². The van der Waals surface area contributed by atoms with Crippen molar-refractivity contribution in [1.29, 1.82) is 0 Å². The summed E-state index contributed by atoms with van der Waals surface area (Å²) in [7, 11) is 0. The van der Waals surface area contributed by atoms with Crippen LogP contribution in [0.15, 0.2) is 42.4 Å². The molecule has 0 aliphatic heterocycles. The minimum atomic E-state index is -0.308. The molecule has 0 spiro atoms. The number of anilines is 1. The molecule has 1 amide bonds. The number of rotatable bonds is 7. The number of H-pyrrole nitrogens is 1. The second kappa shape index (κ2) is 9.59. The summed E-state index contributed by atoms with van der Waals surface area (Å²) in [4.78, 5) is 26.1. The molecule has 4 aromatic heterocycles. The van der Waals surface area contributed by atoms with Crippen molar-refractivity contribution in [2.75, 3.05) is 11.9 Å². The number of amides is 1. The van der Waals surface area contributed by atoms with Crippen molar-refractivity contribution in [1.82, 2.24) is 34.9 Å². The van der Waals surface area contributed by atoms with Crippen LogP contribution < -0.4 is 5.32 Å². The lowest BCUT2D eigenvalue weighted by Crippen LogP contribution is -2.24. The fourth-order valence-corrected chi connectivity index (χ4v) is 4.82. The molecule has 4 heterocycles. The molecule has 170 valence electrons. The Kier molecular flexibility index (Phi) is 6.22. The third kappa shape index (κ3) is 4.69. The van der Waals surface area contributed by atoms with Gasteiger partial charge in [-0.15, -0.1) is 11.3 Å². The van der Waals surface area contributed by atoms with Crippen LogP contribution in [-0.4, -0.2) is 53.5 Å². The molecule has 0 unspecified atom stereocenters. The number of hydrogen-bond donors (Lipinski definition) is 2. The zero-order valence-electron chi connectivity index (χ0n) is 18.1. The number of aromatic nitrogens is 7. The molecule has 1 aliphatic rings. The molecular formula is C22H24N8O2S. The molecule has 0 bridgehead atoms. The van der Waals surface area contributed by atoms with E-state index in [9.17, 15) is 4.79 Å². The van der Waals surface area contributed by atoms with Crippen LogP contribution in [0.4, 0.5) is 5.69 Å². The van der Waals surface area contributed by atoms with Gasteiger partial charge in [-0.25, -0.2) is 15.0 Å². The van der Waals surface area contributed by atoms with Gasteiger partial charge < -0.3 is 10.1 Å². The molecular weight excluding hydrogens is 440 g/mol. The second-order valence-electron chi connectivity index (χ2n) is 7.81. The van der Waals surface area contributed by atoms with Gasteiger partial charge in [-0.3, -0.25) is 14.6 Å². The number of carbonyl (C=O) groups excluding carboxylic acids is 1. The Morgan fingerprint density at radius 3 is 2.82 bits per heavy atom. The molecule has 1 aliphatic carbocycles. The van der Waals surface area contributed by atoms with Crippen LogP contribution in [0.1, 0.15) is 49.1 Å². The third-order valence-electron chi connectivity index (χ3n) is 5.66. The van der Waals surface area contributed by atoms with Crippen LogP contribution in [0.2, 0.25) is 0 Å². The Morgan fingerprint density at radius 2 is 2.09 bits per heavy atom. The minimum Gasteiger partial charge on any atom is -0.379 e. The van der Waals surface area contributed by atoms with Crippen LogP contribution in [-0.2, 0) is 4.74 Å². The molecule has 5 rings (SSSR count). The van der Waals surface area contributed by atoms with E-state index in [2.05, 4.69) is 30.5 Å². The Bertz CT molecular complexity index is 1200. The standard InChI is InChI=1S/C22H24N8O2S/c1-2-32-16-6-4-15(5-7-16)30-12-17(19(29-30)20-23-8-3-9-24-20)27-21(31)18-13-33-22(28-18)14-10-25-26-11-14/h3,8-13,15-16H,2,4-7H2,1H3,(H,25,26)(H,27,31)/t15-,16-. The van der Waals surface area contributed by atoms with Gasteiger partial charge in [-0.05, 0) is 38.7 Å². The summed E-state index contributed by atoms with van der Waals surface area (Å²) in [6.45, 7) is 2.77.